The van der Waals surface area contributed by atoms with Gasteiger partial charge in [-0.05, 0) is 48.5 Å². The fraction of sp³-hybridized carbons (Fsp3) is 0. The van der Waals surface area contributed by atoms with Crippen molar-refractivity contribution < 1.29 is 14.3 Å². The third-order valence-corrected chi connectivity index (χ3v) is 5.27. The molecule has 4 aromatic rings. The van der Waals surface area contributed by atoms with Crippen molar-refractivity contribution in [3.05, 3.63) is 90.1 Å². The molecule has 0 amide bonds. The Hall–Kier alpha value is -4.32. The summed E-state index contributed by atoms with van der Waals surface area (Å²) in [5.74, 6) is 0.909. The zero-order valence-electron chi connectivity index (χ0n) is 15.6. The monoisotopic (exact) mass is 391 g/mol. The molecule has 6 heteroatoms. The first-order valence-electron chi connectivity index (χ1n) is 9.44. The molecular weight excluding hydrogens is 378 g/mol. The molecule has 142 valence electrons. The molecule has 0 saturated carbocycles. The van der Waals surface area contributed by atoms with Crippen molar-refractivity contribution in [1.82, 2.24) is 9.97 Å². The minimum atomic E-state index is -0.563. The lowest BCUT2D eigenvalue weighted by Gasteiger charge is -2.32. The van der Waals surface area contributed by atoms with Crippen molar-refractivity contribution in [3.63, 3.8) is 0 Å². The average molecular weight is 391 g/mol. The molecular formula is C24H13N3O3. The number of anilines is 3. The van der Waals surface area contributed by atoms with Gasteiger partial charge in [0.05, 0.1) is 22.5 Å². The van der Waals surface area contributed by atoms with E-state index in [1.807, 2.05) is 53.4 Å². The lowest BCUT2D eigenvalue weighted by Crippen LogP contribution is -2.24. The van der Waals surface area contributed by atoms with Gasteiger partial charge in [-0.25, -0.2) is 4.98 Å². The van der Waals surface area contributed by atoms with E-state index in [2.05, 4.69) is 4.98 Å². The highest BCUT2D eigenvalue weighted by Gasteiger charge is 2.34. The number of Topliss-reactive ketones (excluding diaryl/α,β-unsaturated/α-hetero) is 2. The summed E-state index contributed by atoms with van der Waals surface area (Å²) >= 11 is 0. The Morgan fingerprint density at radius 2 is 1.30 bits per heavy atom. The molecule has 2 aromatic carbocycles. The molecule has 2 aliphatic rings. The Morgan fingerprint density at radius 3 is 2.00 bits per heavy atom. The van der Waals surface area contributed by atoms with Crippen LogP contribution in [0.3, 0.4) is 0 Å². The molecule has 30 heavy (non-hydrogen) atoms. The number of ketones is 2. The largest absolute Gasteiger partial charge is 0.453 e. The average Bonchev–Trinajstić information content (AvgIpc) is 2.80. The number of para-hydroxylation sites is 4. The van der Waals surface area contributed by atoms with Crippen molar-refractivity contribution in [2.24, 2.45) is 0 Å². The van der Waals surface area contributed by atoms with Gasteiger partial charge in [-0.2, -0.15) is 0 Å². The fourth-order valence-corrected chi connectivity index (χ4v) is 3.91. The van der Waals surface area contributed by atoms with Gasteiger partial charge in [0, 0.05) is 6.20 Å². The summed E-state index contributed by atoms with van der Waals surface area (Å²) in [5.41, 5.74) is 3.06. The summed E-state index contributed by atoms with van der Waals surface area (Å²) in [6.07, 6.45) is 1.60. The Balaban J connectivity index is 1.60. The second-order valence-electron chi connectivity index (χ2n) is 7.00. The van der Waals surface area contributed by atoms with Crippen molar-refractivity contribution in [1.29, 1.82) is 0 Å². The van der Waals surface area contributed by atoms with Crippen molar-refractivity contribution >= 4 is 28.8 Å². The van der Waals surface area contributed by atoms with Crippen LogP contribution in [0.15, 0.2) is 79.0 Å². The van der Waals surface area contributed by atoms with Gasteiger partial charge in [0.25, 0.3) is 0 Å². The highest BCUT2D eigenvalue weighted by atomic mass is 16.5. The molecule has 1 aliphatic heterocycles. The van der Waals surface area contributed by atoms with E-state index < -0.39 is 11.6 Å². The number of aromatic nitrogens is 2. The quantitative estimate of drug-likeness (QED) is 0.370. The topological polar surface area (TPSA) is 72.4 Å². The van der Waals surface area contributed by atoms with Crippen LogP contribution in [0.1, 0.15) is 20.7 Å². The zero-order valence-corrected chi connectivity index (χ0v) is 15.6. The van der Waals surface area contributed by atoms with E-state index in [1.54, 1.807) is 30.5 Å². The third-order valence-electron chi connectivity index (χ3n) is 5.27. The number of hydrogen-bond donors (Lipinski definition) is 0. The van der Waals surface area contributed by atoms with Crippen LogP contribution >= 0.6 is 0 Å². The summed E-state index contributed by atoms with van der Waals surface area (Å²) < 4.78 is 6.05. The number of pyridine rings is 2. The number of ether oxygens (including phenoxy) is 1. The van der Waals surface area contributed by atoms with E-state index in [0.29, 0.717) is 28.7 Å². The second-order valence-corrected chi connectivity index (χ2v) is 7.00. The van der Waals surface area contributed by atoms with Gasteiger partial charge in [0.1, 0.15) is 17.2 Å². The maximum atomic E-state index is 12.6. The zero-order chi connectivity index (χ0) is 20.2. The SMILES string of the molecule is O=C1C(=O)c2ccc(N3c4ccccc4Oc4ccccc43)nc2-c2ncccc21. The highest BCUT2D eigenvalue weighted by molar-refractivity contribution is 6.52. The van der Waals surface area contributed by atoms with E-state index in [9.17, 15) is 9.59 Å². The van der Waals surface area contributed by atoms with Gasteiger partial charge in [-0.15, -0.1) is 0 Å². The first-order chi connectivity index (χ1) is 14.7. The normalized spacial score (nSPS) is 13.7. The van der Waals surface area contributed by atoms with Gasteiger partial charge >= 0.3 is 0 Å². The number of fused-ring (bicyclic) bond motifs is 5. The number of rotatable bonds is 1. The molecule has 3 heterocycles. The summed E-state index contributed by atoms with van der Waals surface area (Å²) in [5, 5.41) is 0. The molecule has 6 rings (SSSR count). The van der Waals surface area contributed by atoms with Crippen LogP contribution < -0.4 is 9.64 Å². The molecule has 0 atom stereocenters. The minimum absolute atomic E-state index is 0.268. The van der Waals surface area contributed by atoms with Gasteiger partial charge in [0.15, 0.2) is 11.5 Å². The minimum Gasteiger partial charge on any atom is -0.453 e. The van der Waals surface area contributed by atoms with Gasteiger partial charge in [0.2, 0.25) is 11.6 Å². The molecule has 2 aromatic heterocycles. The maximum absolute atomic E-state index is 12.6. The predicted octanol–water partition coefficient (Wildman–Crippen LogP) is 5.10. The number of carbonyl (C=O) groups excluding carboxylic acids is 2. The summed E-state index contributed by atoms with van der Waals surface area (Å²) in [7, 11) is 0. The Bertz CT molecular complexity index is 1330. The first-order valence-corrected chi connectivity index (χ1v) is 9.44. The predicted molar refractivity (Wildman–Crippen MR) is 111 cm³/mol. The van der Waals surface area contributed by atoms with Gasteiger partial charge < -0.3 is 4.74 Å². The van der Waals surface area contributed by atoms with E-state index in [1.165, 1.54) is 0 Å². The molecule has 0 N–H and O–H groups in total. The summed E-state index contributed by atoms with van der Waals surface area (Å²) in [4.78, 5) is 36.2. The van der Waals surface area contributed by atoms with Crippen LogP contribution in [0.5, 0.6) is 11.5 Å². The van der Waals surface area contributed by atoms with E-state index >= 15 is 0 Å². The Morgan fingerprint density at radius 1 is 0.667 bits per heavy atom. The summed E-state index contributed by atoms with van der Waals surface area (Å²) in [6, 6.07) is 22.0. The third kappa shape index (κ3) is 2.24. The molecule has 0 unspecified atom stereocenters. The standard InChI is InChI=1S/C24H13N3O3/c28-23-14-6-5-13-25-21(14)22-15(24(23)29)11-12-20(26-22)27-16-7-1-3-9-18(16)30-19-10-4-2-8-17(19)27/h1-13H. The number of nitrogens with zero attached hydrogens (tertiary/aromatic N) is 3. The van der Waals surface area contributed by atoms with Crippen molar-refractivity contribution in [3.8, 4) is 22.9 Å². The van der Waals surface area contributed by atoms with Crippen LogP contribution in [0.2, 0.25) is 0 Å². The molecule has 0 bridgehead atoms. The van der Waals surface area contributed by atoms with Gasteiger partial charge in [-0.1, -0.05) is 24.3 Å². The smallest absolute Gasteiger partial charge is 0.235 e. The maximum Gasteiger partial charge on any atom is 0.235 e. The molecule has 0 radical (unpaired) electrons. The van der Waals surface area contributed by atoms with E-state index in [-0.39, 0.29) is 11.1 Å². The Kier molecular flexibility index (Phi) is 3.37. The molecule has 0 fully saturated rings. The van der Waals surface area contributed by atoms with Crippen LogP contribution in [-0.4, -0.2) is 21.5 Å². The van der Waals surface area contributed by atoms with Gasteiger partial charge in [-0.3, -0.25) is 19.5 Å². The second kappa shape index (κ2) is 6.09. The molecule has 6 nitrogen and oxygen atoms in total. The Labute approximate surface area is 171 Å². The van der Waals surface area contributed by atoms with E-state index in [4.69, 9.17) is 9.72 Å². The highest BCUT2D eigenvalue weighted by Crippen LogP contribution is 2.50. The fourth-order valence-electron chi connectivity index (χ4n) is 3.91. The van der Waals surface area contributed by atoms with Crippen molar-refractivity contribution in [2.75, 3.05) is 4.90 Å². The molecule has 1 aliphatic carbocycles. The van der Waals surface area contributed by atoms with Crippen molar-refractivity contribution in [2.45, 2.75) is 0 Å². The number of benzene rings is 2. The molecule has 0 spiro atoms. The van der Waals surface area contributed by atoms with Crippen LogP contribution in [0.25, 0.3) is 11.4 Å². The number of hydrogen-bond acceptors (Lipinski definition) is 6. The first kappa shape index (κ1) is 16.6. The van der Waals surface area contributed by atoms with Crippen LogP contribution in [0, 0.1) is 0 Å². The summed E-state index contributed by atoms with van der Waals surface area (Å²) in [6.45, 7) is 0. The number of carbonyl (C=O) groups is 2. The lowest BCUT2D eigenvalue weighted by molar-refractivity contribution is 0.0814. The lowest BCUT2D eigenvalue weighted by atomic mass is 9.90. The molecule has 0 saturated heterocycles. The van der Waals surface area contributed by atoms with Crippen LogP contribution in [-0.2, 0) is 0 Å². The van der Waals surface area contributed by atoms with Crippen LogP contribution in [0.4, 0.5) is 17.2 Å². The van der Waals surface area contributed by atoms with E-state index in [0.717, 1.165) is 11.4 Å².